The highest BCUT2D eigenvalue weighted by Crippen LogP contribution is 2.03. The number of nitrogens with one attached hydrogen (secondary N) is 1. The summed E-state index contributed by atoms with van der Waals surface area (Å²) in [6, 6.07) is 0.338. The first-order valence-electron chi connectivity index (χ1n) is 3.63. The summed E-state index contributed by atoms with van der Waals surface area (Å²) in [5.74, 6) is 0.193. The molecule has 1 amide bonds. The average molecular weight is 142 g/mol. The minimum atomic E-state index is 0.00111. The summed E-state index contributed by atoms with van der Waals surface area (Å²) in [6.45, 7) is 4.84. The standard InChI is InChI=1S/C7H14N2O/c1-5-4-8-6(2)7(10)9(5)3/h5-6,8H,4H2,1-3H3. The summed E-state index contributed by atoms with van der Waals surface area (Å²) >= 11 is 0. The highest BCUT2D eigenvalue weighted by atomic mass is 16.2. The van der Waals surface area contributed by atoms with E-state index in [9.17, 15) is 4.79 Å². The first kappa shape index (κ1) is 7.54. The van der Waals surface area contributed by atoms with Gasteiger partial charge in [0.1, 0.15) is 0 Å². The monoisotopic (exact) mass is 142 g/mol. The van der Waals surface area contributed by atoms with E-state index in [4.69, 9.17) is 0 Å². The molecule has 3 heteroatoms. The van der Waals surface area contributed by atoms with E-state index in [2.05, 4.69) is 5.32 Å². The Morgan fingerprint density at radius 2 is 2.20 bits per heavy atom. The number of likely N-dealkylation sites (N-methyl/N-ethyl adjacent to an activating group) is 1. The molecule has 1 saturated heterocycles. The topological polar surface area (TPSA) is 32.3 Å². The lowest BCUT2D eigenvalue weighted by molar-refractivity contribution is -0.135. The summed E-state index contributed by atoms with van der Waals surface area (Å²) in [6.07, 6.45) is 0. The molecule has 1 N–H and O–H groups in total. The second-order valence-electron chi connectivity index (χ2n) is 2.93. The van der Waals surface area contributed by atoms with Crippen LogP contribution in [0, 0.1) is 0 Å². The van der Waals surface area contributed by atoms with Crippen LogP contribution in [0.25, 0.3) is 0 Å². The Hall–Kier alpha value is -0.570. The predicted molar refractivity (Wildman–Crippen MR) is 39.7 cm³/mol. The van der Waals surface area contributed by atoms with Gasteiger partial charge in [-0.15, -0.1) is 0 Å². The third-order valence-corrected chi connectivity index (χ3v) is 2.10. The Morgan fingerprint density at radius 1 is 1.60 bits per heavy atom. The lowest BCUT2D eigenvalue weighted by atomic mass is 10.1. The van der Waals surface area contributed by atoms with Crippen molar-refractivity contribution in [3.63, 3.8) is 0 Å². The van der Waals surface area contributed by atoms with Crippen LogP contribution in [0.3, 0.4) is 0 Å². The zero-order chi connectivity index (χ0) is 7.72. The number of carbonyl (C=O) groups is 1. The van der Waals surface area contributed by atoms with Crippen LogP contribution in [0.4, 0.5) is 0 Å². The zero-order valence-corrected chi connectivity index (χ0v) is 6.72. The van der Waals surface area contributed by atoms with Crippen LogP contribution in [-0.2, 0) is 4.79 Å². The second kappa shape index (κ2) is 2.58. The number of rotatable bonds is 0. The normalized spacial score (nSPS) is 34.7. The van der Waals surface area contributed by atoms with Gasteiger partial charge in [-0.05, 0) is 13.8 Å². The molecule has 10 heavy (non-hydrogen) atoms. The maximum atomic E-state index is 11.2. The van der Waals surface area contributed by atoms with E-state index in [-0.39, 0.29) is 11.9 Å². The van der Waals surface area contributed by atoms with Crippen LogP contribution in [0.15, 0.2) is 0 Å². The van der Waals surface area contributed by atoms with Crippen molar-refractivity contribution in [2.45, 2.75) is 25.9 Å². The highest BCUT2D eigenvalue weighted by molar-refractivity contribution is 5.82. The number of piperazine rings is 1. The largest absolute Gasteiger partial charge is 0.340 e. The maximum absolute atomic E-state index is 11.2. The Kier molecular flexibility index (Phi) is 1.94. The molecule has 1 aliphatic heterocycles. The summed E-state index contributed by atoms with van der Waals surface area (Å²) in [5.41, 5.74) is 0. The van der Waals surface area contributed by atoms with E-state index < -0.39 is 0 Å². The molecule has 1 heterocycles. The molecule has 0 aromatic carbocycles. The molecular formula is C7H14N2O. The number of amides is 1. The quantitative estimate of drug-likeness (QED) is 0.509. The fourth-order valence-electron chi connectivity index (χ4n) is 1.09. The molecular weight excluding hydrogens is 128 g/mol. The van der Waals surface area contributed by atoms with Crippen molar-refractivity contribution in [1.29, 1.82) is 0 Å². The third-order valence-electron chi connectivity index (χ3n) is 2.10. The molecule has 2 unspecified atom stereocenters. The molecule has 1 rings (SSSR count). The van der Waals surface area contributed by atoms with Crippen LogP contribution in [0.5, 0.6) is 0 Å². The van der Waals surface area contributed by atoms with Gasteiger partial charge in [-0.2, -0.15) is 0 Å². The SMILES string of the molecule is CC1NCC(C)N(C)C1=O. The molecule has 1 fully saturated rings. The average Bonchev–Trinajstić information content (AvgIpc) is 1.93. The van der Waals surface area contributed by atoms with Crippen molar-refractivity contribution in [2.75, 3.05) is 13.6 Å². The van der Waals surface area contributed by atoms with Crippen molar-refractivity contribution in [1.82, 2.24) is 10.2 Å². The van der Waals surface area contributed by atoms with E-state index in [1.165, 1.54) is 0 Å². The first-order chi connectivity index (χ1) is 4.63. The van der Waals surface area contributed by atoms with Crippen molar-refractivity contribution in [3.05, 3.63) is 0 Å². The van der Waals surface area contributed by atoms with Gasteiger partial charge in [-0.25, -0.2) is 0 Å². The van der Waals surface area contributed by atoms with E-state index >= 15 is 0 Å². The molecule has 0 saturated carbocycles. The molecule has 3 nitrogen and oxygen atoms in total. The van der Waals surface area contributed by atoms with Crippen LogP contribution in [-0.4, -0.2) is 36.5 Å². The molecule has 0 aromatic rings. The van der Waals surface area contributed by atoms with Crippen LogP contribution >= 0.6 is 0 Å². The van der Waals surface area contributed by atoms with Gasteiger partial charge in [-0.3, -0.25) is 4.79 Å². The summed E-state index contributed by atoms with van der Waals surface area (Å²) in [4.78, 5) is 13.0. The van der Waals surface area contributed by atoms with E-state index in [1.54, 1.807) is 4.90 Å². The van der Waals surface area contributed by atoms with Gasteiger partial charge in [0, 0.05) is 19.6 Å². The lowest BCUT2D eigenvalue weighted by Crippen LogP contribution is -2.56. The molecule has 0 spiro atoms. The summed E-state index contributed by atoms with van der Waals surface area (Å²) < 4.78 is 0. The molecule has 0 bridgehead atoms. The maximum Gasteiger partial charge on any atom is 0.239 e. The Bertz CT molecular complexity index is 147. The van der Waals surface area contributed by atoms with Gasteiger partial charge in [0.2, 0.25) is 5.91 Å². The van der Waals surface area contributed by atoms with Crippen molar-refractivity contribution >= 4 is 5.91 Å². The molecule has 0 aliphatic carbocycles. The van der Waals surface area contributed by atoms with Crippen LogP contribution < -0.4 is 5.32 Å². The van der Waals surface area contributed by atoms with Crippen molar-refractivity contribution in [3.8, 4) is 0 Å². The van der Waals surface area contributed by atoms with Crippen LogP contribution in [0.2, 0.25) is 0 Å². The smallest absolute Gasteiger partial charge is 0.239 e. The Morgan fingerprint density at radius 3 is 2.70 bits per heavy atom. The van der Waals surface area contributed by atoms with E-state index in [0.29, 0.717) is 6.04 Å². The van der Waals surface area contributed by atoms with Gasteiger partial charge in [-0.1, -0.05) is 0 Å². The van der Waals surface area contributed by atoms with Gasteiger partial charge in [0.25, 0.3) is 0 Å². The number of hydrogen-bond donors (Lipinski definition) is 1. The Labute approximate surface area is 61.4 Å². The zero-order valence-electron chi connectivity index (χ0n) is 6.72. The minimum absolute atomic E-state index is 0.00111. The van der Waals surface area contributed by atoms with Crippen molar-refractivity contribution < 1.29 is 4.79 Å². The van der Waals surface area contributed by atoms with Gasteiger partial charge in [0.05, 0.1) is 6.04 Å². The molecule has 0 radical (unpaired) electrons. The first-order valence-corrected chi connectivity index (χ1v) is 3.63. The number of nitrogens with zero attached hydrogens (tertiary/aromatic N) is 1. The summed E-state index contributed by atoms with van der Waals surface area (Å²) in [7, 11) is 1.85. The third kappa shape index (κ3) is 1.14. The molecule has 1 aliphatic rings. The van der Waals surface area contributed by atoms with Crippen LogP contribution in [0.1, 0.15) is 13.8 Å². The minimum Gasteiger partial charge on any atom is -0.340 e. The Balaban J connectivity index is 2.60. The van der Waals surface area contributed by atoms with Gasteiger partial charge >= 0.3 is 0 Å². The predicted octanol–water partition coefficient (Wildman–Crippen LogP) is -0.175. The van der Waals surface area contributed by atoms with Gasteiger partial charge < -0.3 is 10.2 Å². The van der Waals surface area contributed by atoms with Crippen molar-refractivity contribution in [2.24, 2.45) is 0 Å². The summed E-state index contributed by atoms with van der Waals surface area (Å²) in [5, 5.41) is 3.12. The highest BCUT2D eigenvalue weighted by Gasteiger charge is 2.26. The number of carbonyl (C=O) groups excluding carboxylic acids is 1. The van der Waals surface area contributed by atoms with E-state index in [0.717, 1.165) is 6.54 Å². The fourth-order valence-corrected chi connectivity index (χ4v) is 1.09. The van der Waals surface area contributed by atoms with E-state index in [1.807, 2.05) is 20.9 Å². The fraction of sp³-hybridized carbons (Fsp3) is 0.857. The molecule has 2 atom stereocenters. The number of hydrogen-bond acceptors (Lipinski definition) is 2. The second-order valence-corrected chi connectivity index (χ2v) is 2.93. The van der Waals surface area contributed by atoms with Gasteiger partial charge in [0.15, 0.2) is 0 Å². The molecule has 58 valence electrons. The molecule has 0 aromatic heterocycles. The lowest BCUT2D eigenvalue weighted by Gasteiger charge is -2.34.